The van der Waals surface area contributed by atoms with Crippen molar-refractivity contribution in [3.05, 3.63) is 34.9 Å². The zero-order valence-electron chi connectivity index (χ0n) is 11.0. The van der Waals surface area contributed by atoms with Gasteiger partial charge in [0.15, 0.2) is 0 Å². The Bertz CT molecular complexity index is 454. The Labute approximate surface area is 107 Å². The highest BCUT2D eigenvalue weighted by molar-refractivity contribution is 5.85. The van der Waals surface area contributed by atoms with Gasteiger partial charge in [-0.3, -0.25) is 4.79 Å². The van der Waals surface area contributed by atoms with Gasteiger partial charge in [0.2, 0.25) is 5.91 Å². The van der Waals surface area contributed by atoms with E-state index in [2.05, 4.69) is 5.32 Å². The molecule has 0 spiro atoms. The summed E-state index contributed by atoms with van der Waals surface area (Å²) in [4.78, 5) is 22.6. The molecule has 2 N–H and O–H groups in total. The number of hydrogen-bond acceptors (Lipinski definition) is 2. The van der Waals surface area contributed by atoms with Crippen LogP contribution in [0.5, 0.6) is 0 Å². The van der Waals surface area contributed by atoms with Gasteiger partial charge in [0, 0.05) is 0 Å². The van der Waals surface area contributed by atoms with Crippen molar-refractivity contribution in [2.75, 3.05) is 0 Å². The van der Waals surface area contributed by atoms with Crippen molar-refractivity contribution in [3.8, 4) is 0 Å². The van der Waals surface area contributed by atoms with Crippen molar-refractivity contribution >= 4 is 11.9 Å². The first-order chi connectivity index (χ1) is 8.43. The van der Waals surface area contributed by atoms with Crippen LogP contribution in [0.1, 0.15) is 30.0 Å². The maximum atomic E-state index is 11.8. The molecule has 0 aromatic heterocycles. The lowest BCUT2D eigenvalue weighted by atomic mass is 10.0. The molecule has 0 radical (unpaired) electrons. The van der Waals surface area contributed by atoms with Gasteiger partial charge in [0.1, 0.15) is 6.04 Å². The van der Waals surface area contributed by atoms with E-state index in [4.69, 9.17) is 5.11 Å². The van der Waals surface area contributed by atoms with Gasteiger partial charge >= 0.3 is 5.97 Å². The van der Waals surface area contributed by atoms with Gasteiger partial charge in [-0.25, -0.2) is 4.79 Å². The fraction of sp³-hybridized carbons (Fsp3) is 0.429. The van der Waals surface area contributed by atoms with Crippen molar-refractivity contribution in [1.82, 2.24) is 5.32 Å². The first kappa shape index (κ1) is 14.2. The lowest BCUT2D eigenvalue weighted by molar-refractivity contribution is -0.141. The first-order valence-electron chi connectivity index (χ1n) is 6.02. The predicted molar refractivity (Wildman–Crippen MR) is 69.5 cm³/mol. The van der Waals surface area contributed by atoms with Crippen LogP contribution in [0, 0.1) is 13.8 Å². The van der Waals surface area contributed by atoms with Crippen LogP contribution < -0.4 is 5.32 Å². The molecule has 0 aliphatic rings. The van der Waals surface area contributed by atoms with Crippen LogP contribution in [0.15, 0.2) is 18.2 Å². The zero-order valence-corrected chi connectivity index (χ0v) is 11.0. The number of amides is 1. The Balaban J connectivity index is 2.70. The number of aliphatic carboxylic acids is 1. The summed E-state index contributed by atoms with van der Waals surface area (Å²) in [5.74, 6) is -1.25. The Morgan fingerprint density at radius 1 is 1.33 bits per heavy atom. The van der Waals surface area contributed by atoms with Crippen molar-refractivity contribution in [2.24, 2.45) is 0 Å². The van der Waals surface area contributed by atoms with Crippen molar-refractivity contribution in [1.29, 1.82) is 0 Å². The van der Waals surface area contributed by atoms with E-state index >= 15 is 0 Å². The van der Waals surface area contributed by atoms with Crippen LogP contribution in [-0.4, -0.2) is 23.0 Å². The molecule has 0 aliphatic heterocycles. The lowest BCUT2D eigenvalue weighted by Crippen LogP contribution is -2.41. The molecule has 98 valence electrons. The van der Waals surface area contributed by atoms with Gasteiger partial charge in [-0.1, -0.05) is 30.7 Å². The van der Waals surface area contributed by atoms with Gasteiger partial charge in [0.05, 0.1) is 6.42 Å². The van der Waals surface area contributed by atoms with Gasteiger partial charge in [-0.2, -0.15) is 0 Å². The molecule has 0 heterocycles. The summed E-state index contributed by atoms with van der Waals surface area (Å²) in [6.07, 6.45) is 0.602. The van der Waals surface area contributed by atoms with E-state index in [0.29, 0.717) is 6.42 Å². The predicted octanol–water partition coefficient (Wildman–Crippen LogP) is 1.83. The van der Waals surface area contributed by atoms with Crippen LogP contribution in [0.25, 0.3) is 0 Å². The molecule has 1 amide bonds. The fourth-order valence-electron chi connectivity index (χ4n) is 1.75. The van der Waals surface area contributed by atoms with E-state index in [1.54, 1.807) is 6.92 Å². The number of carbonyl (C=O) groups is 2. The highest BCUT2D eigenvalue weighted by atomic mass is 16.4. The highest BCUT2D eigenvalue weighted by Crippen LogP contribution is 2.11. The third-order valence-electron chi connectivity index (χ3n) is 2.90. The summed E-state index contributed by atoms with van der Waals surface area (Å²) in [6.45, 7) is 5.64. The summed E-state index contributed by atoms with van der Waals surface area (Å²) in [6, 6.07) is 5.11. The van der Waals surface area contributed by atoms with Crippen LogP contribution >= 0.6 is 0 Å². The SMILES string of the molecule is CC[C@H](NC(=O)Cc1cc(C)ccc1C)C(=O)O. The number of carboxylic acid groups (broad SMARTS) is 1. The number of carbonyl (C=O) groups excluding carboxylic acids is 1. The molecule has 1 aromatic carbocycles. The molecule has 0 bridgehead atoms. The molecule has 0 saturated heterocycles. The minimum Gasteiger partial charge on any atom is -0.480 e. The highest BCUT2D eigenvalue weighted by Gasteiger charge is 2.17. The molecular weight excluding hydrogens is 230 g/mol. The van der Waals surface area contributed by atoms with E-state index in [1.807, 2.05) is 32.0 Å². The average molecular weight is 249 g/mol. The number of rotatable bonds is 5. The molecule has 0 saturated carbocycles. The molecule has 1 atom stereocenters. The monoisotopic (exact) mass is 249 g/mol. The number of hydrogen-bond donors (Lipinski definition) is 2. The summed E-state index contributed by atoms with van der Waals surface area (Å²) >= 11 is 0. The van der Waals surface area contributed by atoms with Crippen molar-refractivity contribution < 1.29 is 14.7 Å². The summed E-state index contributed by atoms with van der Waals surface area (Å²) < 4.78 is 0. The third kappa shape index (κ3) is 3.87. The molecule has 0 aliphatic carbocycles. The largest absolute Gasteiger partial charge is 0.480 e. The van der Waals surface area contributed by atoms with Gasteiger partial charge in [0.25, 0.3) is 0 Å². The summed E-state index contributed by atoms with van der Waals surface area (Å²) in [5, 5.41) is 11.4. The zero-order chi connectivity index (χ0) is 13.7. The van der Waals surface area contributed by atoms with Crippen molar-refractivity contribution in [2.45, 2.75) is 39.7 Å². The Hall–Kier alpha value is -1.84. The molecule has 1 rings (SSSR count). The third-order valence-corrected chi connectivity index (χ3v) is 2.90. The maximum absolute atomic E-state index is 11.8. The molecule has 4 nitrogen and oxygen atoms in total. The second-order valence-electron chi connectivity index (χ2n) is 4.47. The van der Waals surface area contributed by atoms with Crippen LogP contribution in [0.3, 0.4) is 0 Å². The smallest absolute Gasteiger partial charge is 0.326 e. The fourth-order valence-corrected chi connectivity index (χ4v) is 1.75. The van der Waals surface area contributed by atoms with E-state index in [9.17, 15) is 9.59 Å². The summed E-state index contributed by atoms with van der Waals surface area (Å²) in [5.41, 5.74) is 3.07. The number of nitrogens with one attached hydrogen (secondary N) is 1. The first-order valence-corrected chi connectivity index (χ1v) is 6.02. The number of benzene rings is 1. The van der Waals surface area contributed by atoms with Gasteiger partial charge in [-0.05, 0) is 31.4 Å². The molecule has 0 fully saturated rings. The van der Waals surface area contributed by atoms with E-state index in [-0.39, 0.29) is 12.3 Å². The lowest BCUT2D eigenvalue weighted by Gasteiger charge is -2.13. The second-order valence-corrected chi connectivity index (χ2v) is 4.47. The normalized spacial score (nSPS) is 11.9. The molecule has 0 unspecified atom stereocenters. The molecular formula is C14H19NO3. The minimum absolute atomic E-state index is 0.220. The maximum Gasteiger partial charge on any atom is 0.326 e. The molecule has 18 heavy (non-hydrogen) atoms. The Kier molecular flexibility index (Phi) is 4.89. The Morgan fingerprint density at radius 3 is 2.56 bits per heavy atom. The van der Waals surface area contributed by atoms with E-state index < -0.39 is 12.0 Å². The number of aryl methyl sites for hydroxylation is 2. The second kappa shape index (κ2) is 6.19. The molecule has 1 aromatic rings. The minimum atomic E-state index is -0.994. The standard InChI is InChI=1S/C14H19NO3/c1-4-12(14(17)18)15-13(16)8-11-7-9(2)5-6-10(11)3/h5-7,12H,4,8H2,1-3H3,(H,15,16)(H,17,18)/t12-/m0/s1. The average Bonchev–Trinajstić information content (AvgIpc) is 2.30. The van der Waals surface area contributed by atoms with Crippen molar-refractivity contribution in [3.63, 3.8) is 0 Å². The van der Waals surface area contributed by atoms with Crippen LogP contribution in [0.4, 0.5) is 0 Å². The van der Waals surface area contributed by atoms with Crippen LogP contribution in [0.2, 0.25) is 0 Å². The topological polar surface area (TPSA) is 66.4 Å². The van der Waals surface area contributed by atoms with Crippen LogP contribution in [-0.2, 0) is 16.0 Å². The van der Waals surface area contributed by atoms with Gasteiger partial charge < -0.3 is 10.4 Å². The molecule has 4 heteroatoms. The Morgan fingerprint density at radius 2 is 2.00 bits per heavy atom. The van der Waals surface area contributed by atoms with Gasteiger partial charge in [-0.15, -0.1) is 0 Å². The summed E-state index contributed by atoms with van der Waals surface area (Å²) in [7, 11) is 0. The van der Waals surface area contributed by atoms with E-state index in [0.717, 1.165) is 16.7 Å². The van der Waals surface area contributed by atoms with E-state index in [1.165, 1.54) is 0 Å². The number of carboxylic acids is 1. The quantitative estimate of drug-likeness (QED) is 0.836.